The maximum atomic E-state index is 13.2. The molecule has 2 heterocycles. The lowest BCUT2D eigenvalue weighted by Crippen LogP contribution is -2.49. The van der Waals surface area contributed by atoms with Crippen molar-refractivity contribution in [3.63, 3.8) is 0 Å². The number of Topliss-reactive ketones (excluding diaryl/α,β-unsaturated/α-hetero) is 1. The van der Waals surface area contributed by atoms with Crippen LogP contribution in [0, 0.1) is 5.41 Å². The van der Waals surface area contributed by atoms with Gasteiger partial charge in [0.25, 0.3) is 5.56 Å². The number of amides is 1. The fourth-order valence-electron chi connectivity index (χ4n) is 3.72. The van der Waals surface area contributed by atoms with Gasteiger partial charge in [-0.2, -0.15) is 0 Å². The summed E-state index contributed by atoms with van der Waals surface area (Å²) in [5.74, 6) is -2.52. The van der Waals surface area contributed by atoms with Crippen molar-refractivity contribution >= 4 is 34.9 Å². The Morgan fingerprint density at radius 2 is 2.00 bits per heavy atom. The topological polar surface area (TPSA) is 206 Å². The number of carboxylic acids is 1. The van der Waals surface area contributed by atoms with Gasteiger partial charge in [-0.05, 0) is 32.5 Å². The molecule has 0 aliphatic rings. The Hall–Kier alpha value is -4.46. The molecule has 0 spiro atoms. The van der Waals surface area contributed by atoms with Gasteiger partial charge in [0.1, 0.15) is 6.04 Å². The van der Waals surface area contributed by atoms with Crippen molar-refractivity contribution in [1.29, 1.82) is 5.41 Å². The van der Waals surface area contributed by atoms with E-state index in [4.69, 9.17) is 10.6 Å². The summed E-state index contributed by atoms with van der Waals surface area (Å²) in [4.78, 5) is 60.6. The maximum Gasteiger partial charge on any atom is 0.305 e. The Kier molecular flexibility index (Phi) is 11.9. The molecular formula is C25H35N8O6+. The van der Waals surface area contributed by atoms with Crippen LogP contribution in [0.15, 0.2) is 46.7 Å². The molecule has 0 bridgehead atoms. The highest BCUT2D eigenvalue weighted by Gasteiger charge is 2.29. The van der Waals surface area contributed by atoms with E-state index in [2.05, 4.69) is 25.8 Å². The van der Waals surface area contributed by atoms with Crippen LogP contribution in [0.4, 0.5) is 5.82 Å². The second-order valence-electron chi connectivity index (χ2n) is 8.88. The highest BCUT2D eigenvalue weighted by atomic mass is 16.4. The summed E-state index contributed by atoms with van der Waals surface area (Å²) < 4.78 is 1.14. The number of hydrogen-bond acceptors (Lipinski definition) is 10. The predicted molar refractivity (Wildman–Crippen MR) is 145 cm³/mol. The van der Waals surface area contributed by atoms with Gasteiger partial charge in [0.05, 0.1) is 36.4 Å². The Labute approximate surface area is 225 Å². The quantitative estimate of drug-likeness (QED) is 0.126. The van der Waals surface area contributed by atoms with Crippen LogP contribution in [-0.4, -0.2) is 91.6 Å². The van der Waals surface area contributed by atoms with Crippen LogP contribution in [0.5, 0.6) is 0 Å². The SMILES string of the molecule is CCC(C(=O)NC(CC(=O)O)C(=O)CN(C)CCc1ccccn1)n1ccnc(NC/C(=N/[OH2+])C(C)=N)c1=O. The highest BCUT2D eigenvalue weighted by molar-refractivity contribution is 6.41. The van der Waals surface area contributed by atoms with Crippen molar-refractivity contribution < 1.29 is 24.7 Å². The minimum absolute atomic E-state index is 0.0519. The van der Waals surface area contributed by atoms with Gasteiger partial charge < -0.3 is 26.4 Å². The minimum atomic E-state index is -1.29. The number of likely N-dealkylation sites (N-methyl/N-ethyl adjacent to an activating group) is 1. The number of carboxylic acid groups (broad SMARTS) is 1. The molecular weight excluding hydrogens is 508 g/mol. The van der Waals surface area contributed by atoms with Crippen molar-refractivity contribution in [3.05, 3.63) is 52.8 Å². The lowest BCUT2D eigenvalue weighted by molar-refractivity contribution is -0.140. The fourth-order valence-corrected chi connectivity index (χ4v) is 3.72. The molecule has 0 aliphatic carbocycles. The first-order chi connectivity index (χ1) is 18.6. The van der Waals surface area contributed by atoms with Gasteiger partial charge >= 0.3 is 5.97 Å². The summed E-state index contributed by atoms with van der Waals surface area (Å²) in [6.07, 6.45) is 4.47. The van der Waals surface area contributed by atoms with Crippen molar-refractivity contribution in [2.24, 2.45) is 5.16 Å². The summed E-state index contributed by atoms with van der Waals surface area (Å²) in [6.45, 7) is 3.46. The molecule has 0 aliphatic heterocycles. The van der Waals surface area contributed by atoms with E-state index in [1.54, 1.807) is 31.1 Å². The van der Waals surface area contributed by atoms with E-state index in [0.29, 0.717) is 13.0 Å². The van der Waals surface area contributed by atoms with Gasteiger partial charge in [-0.25, -0.2) is 4.98 Å². The van der Waals surface area contributed by atoms with E-state index in [1.807, 2.05) is 12.1 Å². The van der Waals surface area contributed by atoms with Gasteiger partial charge in [0.15, 0.2) is 17.3 Å². The van der Waals surface area contributed by atoms with E-state index in [1.165, 1.54) is 19.3 Å². The van der Waals surface area contributed by atoms with Crippen LogP contribution in [0.25, 0.3) is 0 Å². The van der Waals surface area contributed by atoms with Crippen molar-refractivity contribution in [3.8, 4) is 0 Å². The monoisotopic (exact) mass is 543 g/mol. The Bertz CT molecular complexity index is 1250. The van der Waals surface area contributed by atoms with E-state index < -0.39 is 41.7 Å². The molecule has 14 heteroatoms. The summed E-state index contributed by atoms with van der Waals surface area (Å²) in [7, 11) is 1.72. The molecule has 1 amide bonds. The van der Waals surface area contributed by atoms with Crippen LogP contribution >= 0.6 is 0 Å². The van der Waals surface area contributed by atoms with E-state index in [0.717, 1.165) is 10.3 Å². The first kappa shape index (κ1) is 30.8. The number of nitrogens with zero attached hydrogens (tertiary/aromatic N) is 5. The van der Waals surface area contributed by atoms with Gasteiger partial charge in [0.2, 0.25) is 5.91 Å². The maximum absolute atomic E-state index is 13.2. The smallest absolute Gasteiger partial charge is 0.305 e. The number of aliphatic carboxylic acids is 1. The molecule has 2 unspecified atom stereocenters. The molecule has 14 nitrogen and oxygen atoms in total. The molecule has 210 valence electrons. The number of hydrogen-bond donors (Lipinski definition) is 4. The zero-order valence-electron chi connectivity index (χ0n) is 22.2. The van der Waals surface area contributed by atoms with Crippen LogP contribution < -0.4 is 16.2 Å². The Balaban J connectivity index is 2.13. The zero-order valence-corrected chi connectivity index (χ0v) is 22.2. The van der Waals surface area contributed by atoms with Gasteiger partial charge in [-0.1, -0.05) is 13.0 Å². The molecule has 6 N–H and O–H groups in total. The molecule has 0 saturated carbocycles. The normalized spacial score (nSPS) is 13.0. The number of aromatic nitrogens is 3. The zero-order chi connectivity index (χ0) is 28.9. The third-order valence-electron chi connectivity index (χ3n) is 5.87. The van der Waals surface area contributed by atoms with Crippen molar-refractivity contribution in [1.82, 2.24) is 24.8 Å². The van der Waals surface area contributed by atoms with Crippen LogP contribution in [0.2, 0.25) is 0 Å². The van der Waals surface area contributed by atoms with Crippen LogP contribution in [0.3, 0.4) is 0 Å². The van der Waals surface area contributed by atoms with Crippen LogP contribution in [0.1, 0.15) is 38.4 Å². The lowest BCUT2D eigenvalue weighted by atomic mass is 10.1. The Morgan fingerprint density at radius 3 is 2.59 bits per heavy atom. The average Bonchev–Trinajstić information content (AvgIpc) is 2.89. The summed E-state index contributed by atoms with van der Waals surface area (Å²) in [5.41, 5.74) is 0.375. The number of rotatable bonds is 16. The van der Waals surface area contributed by atoms with Crippen molar-refractivity contribution in [2.75, 3.05) is 32.0 Å². The minimum Gasteiger partial charge on any atom is -0.481 e. The third kappa shape index (κ3) is 9.41. The second kappa shape index (κ2) is 15.1. The first-order valence-electron chi connectivity index (χ1n) is 12.3. The molecule has 39 heavy (non-hydrogen) atoms. The molecule has 2 rings (SSSR count). The largest absolute Gasteiger partial charge is 0.481 e. The number of carbonyl (C=O) groups excluding carboxylic acids is 2. The number of carbonyl (C=O) groups is 3. The summed E-state index contributed by atoms with van der Waals surface area (Å²) >= 11 is 0. The molecule has 0 aromatic carbocycles. The van der Waals surface area contributed by atoms with E-state index >= 15 is 0 Å². The predicted octanol–water partition coefficient (Wildman–Crippen LogP) is -0.175. The number of nitrogens with one attached hydrogen (secondary N) is 3. The Morgan fingerprint density at radius 1 is 1.26 bits per heavy atom. The third-order valence-corrected chi connectivity index (χ3v) is 5.87. The molecule has 0 saturated heterocycles. The average molecular weight is 544 g/mol. The van der Waals surface area contributed by atoms with Gasteiger partial charge in [-0.15, -0.1) is 0 Å². The summed E-state index contributed by atoms with van der Waals surface area (Å²) in [6, 6.07) is 3.21. The molecule has 0 fully saturated rings. The molecule has 2 aromatic heterocycles. The first-order valence-corrected chi connectivity index (χ1v) is 12.3. The number of ketones is 1. The molecule has 2 atom stereocenters. The molecule has 2 aromatic rings. The lowest BCUT2D eigenvalue weighted by Gasteiger charge is -2.24. The summed E-state index contributed by atoms with van der Waals surface area (Å²) in [5, 5.41) is 32.6. The van der Waals surface area contributed by atoms with E-state index in [-0.39, 0.29) is 36.8 Å². The van der Waals surface area contributed by atoms with Gasteiger partial charge in [0, 0.05) is 37.3 Å². The number of pyridine rings is 1. The number of anilines is 1. The second-order valence-corrected chi connectivity index (χ2v) is 8.88. The highest BCUT2D eigenvalue weighted by Crippen LogP contribution is 2.11. The van der Waals surface area contributed by atoms with E-state index in [9.17, 15) is 24.3 Å². The van der Waals surface area contributed by atoms with Crippen molar-refractivity contribution in [2.45, 2.75) is 45.2 Å². The van der Waals surface area contributed by atoms with Crippen LogP contribution in [-0.2, 0) is 20.8 Å². The fraction of sp³-hybridized carbons (Fsp3) is 0.440. The standard InChI is InChI=1S/C25H34N8O6/c1-4-20(33-12-10-28-23(25(33)38)29-14-19(31-39)16(2)26)24(37)30-18(13-22(35)36)21(34)15-32(3)11-8-17-7-5-6-9-27-17/h5-7,9-10,12,18,20,26,39H,4,8,11,13-15H2,1-3H3,(H,28,29)(H,30,37)(H,35,36)/p+1/b26-16?,31-19-. The van der Waals surface area contributed by atoms with Gasteiger partial charge in [-0.3, -0.25) is 33.6 Å². The molecule has 0 radical (unpaired) electrons.